The van der Waals surface area contributed by atoms with Crippen molar-refractivity contribution in [1.29, 1.82) is 0 Å². The van der Waals surface area contributed by atoms with Crippen LogP contribution >= 0.6 is 43.5 Å². The van der Waals surface area contributed by atoms with Crippen LogP contribution in [0.3, 0.4) is 0 Å². The SMILES string of the molecule is COc1nc(Cl)nc(Nc2cc(Br)ccc2Br)n1. The molecule has 2 aromatic rings. The van der Waals surface area contributed by atoms with Crippen LogP contribution < -0.4 is 10.1 Å². The average molecular weight is 394 g/mol. The molecule has 0 saturated carbocycles. The van der Waals surface area contributed by atoms with Gasteiger partial charge in [-0.2, -0.15) is 15.0 Å². The van der Waals surface area contributed by atoms with Crippen molar-refractivity contribution in [1.82, 2.24) is 15.0 Å². The normalized spacial score (nSPS) is 10.2. The van der Waals surface area contributed by atoms with E-state index in [1.165, 1.54) is 7.11 Å². The van der Waals surface area contributed by atoms with Gasteiger partial charge in [-0.15, -0.1) is 0 Å². The van der Waals surface area contributed by atoms with Crippen LogP contribution in [0.25, 0.3) is 0 Å². The predicted molar refractivity (Wildman–Crippen MR) is 76.5 cm³/mol. The molecule has 0 saturated heterocycles. The molecule has 1 heterocycles. The Morgan fingerprint density at radius 1 is 1.22 bits per heavy atom. The van der Waals surface area contributed by atoms with Gasteiger partial charge in [-0.05, 0) is 45.7 Å². The lowest BCUT2D eigenvalue weighted by Crippen LogP contribution is -2.02. The maximum absolute atomic E-state index is 5.76. The molecule has 0 spiro atoms. The van der Waals surface area contributed by atoms with E-state index < -0.39 is 0 Å². The van der Waals surface area contributed by atoms with Gasteiger partial charge in [-0.1, -0.05) is 15.9 Å². The standard InChI is InChI=1S/C10H7Br2ClN4O/c1-18-10-16-8(13)15-9(17-10)14-7-4-5(11)2-3-6(7)12/h2-4H,1H3,(H,14,15,16,17). The molecule has 8 heteroatoms. The highest BCUT2D eigenvalue weighted by Crippen LogP contribution is 2.28. The fourth-order valence-corrected chi connectivity index (χ4v) is 2.05. The van der Waals surface area contributed by atoms with Crippen molar-refractivity contribution in [2.75, 3.05) is 12.4 Å². The summed E-state index contributed by atoms with van der Waals surface area (Å²) in [5, 5.41) is 3.09. The quantitative estimate of drug-likeness (QED) is 0.858. The Kier molecular flexibility index (Phi) is 4.36. The van der Waals surface area contributed by atoms with Crippen LogP contribution in [0.4, 0.5) is 11.6 Å². The second kappa shape index (κ2) is 5.81. The monoisotopic (exact) mass is 392 g/mol. The van der Waals surface area contributed by atoms with Crippen molar-refractivity contribution in [2.45, 2.75) is 0 Å². The molecular formula is C10H7Br2ClN4O. The third kappa shape index (κ3) is 3.30. The van der Waals surface area contributed by atoms with Crippen molar-refractivity contribution >= 4 is 55.1 Å². The molecule has 94 valence electrons. The number of methoxy groups -OCH3 is 1. The van der Waals surface area contributed by atoms with E-state index in [1.54, 1.807) is 0 Å². The molecule has 5 nitrogen and oxygen atoms in total. The Morgan fingerprint density at radius 3 is 2.72 bits per heavy atom. The lowest BCUT2D eigenvalue weighted by molar-refractivity contribution is 0.379. The smallest absolute Gasteiger partial charge is 0.322 e. The van der Waals surface area contributed by atoms with Crippen LogP contribution in [0.1, 0.15) is 0 Å². The van der Waals surface area contributed by atoms with Gasteiger partial charge < -0.3 is 10.1 Å². The molecule has 1 aromatic carbocycles. The van der Waals surface area contributed by atoms with Crippen molar-refractivity contribution in [2.24, 2.45) is 0 Å². The van der Waals surface area contributed by atoms with E-state index >= 15 is 0 Å². The summed E-state index contributed by atoms with van der Waals surface area (Å²) in [5.74, 6) is 0.311. The fraction of sp³-hybridized carbons (Fsp3) is 0.100. The average Bonchev–Trinajstić information content (AvgIpc) is 2.33. The van der Waals surface area contributed by atoms with E-state index in [0.29, 0.717) is 5.95 Å². The minimum absolute atomic E-state index is 0.0652. The van der Waals surface area contributed by atoms with Gasteiger partial charge in [-0.25, -0.2) is 0 Å². The largest absolute Gasteiger partial charge is 0.467 e. The fourth-order valence-electron chi connectivity index (χ4n) is 1.19. The van der Waals surface area contributed by atoms with Gasteiger partial charge in [0.1, 0.15) is 0 Å². The first kappa shape index (κ1) is 13.5. The summed E-state index contributed by atoms with van der Waals surface area (Å²) in [6.07, 6.45) is 0. The topological polar surface area (TPSA) is 59.9 Å². The third-order valence-electron chi connectivity index (χ3n) is 1.95. The molecule has 2 rings (SSSR count). The second-order valence-corrected chi connectivity index (χ2v) is 5.27. The van der Waals surface area contributed by atoms with Crippen LogP contribution in [0.2, 0.25) is 5.28 Å². The molecule has 1 aromatic heterocycles. The number of halogens is 3. The summed E-state index contributed by atoms with van der Waals surface area (Å²) in [5.41, 5.74) is 0.800. The molecule has 0 amide bonds. The number of benzene rings is 1. The van der Waals surface area contributed by atoms with Crippen LogP contribution in [-0.4, -0.2) is 22.1 Å². The molecule has 1 N–H and O–H groups in total. The van der Waals surface area contributed by atoms with Crippen LogP contribution in [0.5, 0.6) is 6.01 Å². The van der Waals surface area contributed by atoms with Gasteiger partial charge in [-0.3, -0.25) is 0 Å². The Hall–Kier alpha value is -0.920. The lowest BCUT2D eigenvalue weighted by atomic mass is 10.3. The molecule has 0 unspecified atom stereocenters. The highest BCUT2D eigenvalue weighted by atomic mass is 79.9. The van der Waals surface area contributed by atoms with Crippen molar-refractivity contribution in [3.8, 4) is 6.01 Å². The van der Waals surface area contributed by atoms with Gasteiger partial charge in [0.25, 0.3) is 0 Å². The highest BCUT2D eigenvalue weighted by Gasteiger charge is 2.07. The van der Waals surface area contributed by atoms with Crippen LogP contribution in [0.15, 0.2) is 27.1 Å². The molecule has 0 aliphatic heterocycles. The summed E-state index contributed by atoms with van der Waals surface area (Å²) in [6.45, 7) is 0. The Bertz CT molecular complexity index is 582. The minimum Gasteiger partial charge on any atom is -0.467 e. The van der Waals surface area contributed by atoms with Crippen molar-refractivity contribution in [3.63, 3.8) is 0 Å². The zero-order valence-corrected chi connectivity index (χ0v) is 13.0. The van der Waals surface area contributed by atoms with E-state index in [-0.39, 0.29) is 11.3 Å². The molecule has 0 bridgehead atoms. The van der Waals surface area contributed by atoms with Crippen LogP contribution in [-0.2, 0) is 0 Å². The maximum atomic E-state index is 5.76. The molecule has 0 fully saturated rings. The van der Waals surface area contributed by atoms with Gasteiger partial charge in [0, 0.05) is 8.95 Å². The number of hydrogen-bond acceptors (Lipinski definition) is 5. The van der Waals surface area contributed by atoms with Gasteiger partial charge in [0.05, 0.1) is 12.8 Å². The van der Waals surface area contributed by atoms with E-state index in [4.69, 9.17) is 16.3 Å². The van der Waals surface area contributed by atoms with E-state index in [2.05, 4.69) is 52.1 Å². The first-order valence-electron chi connectivity index (χ1n) is 4.76. The lowest BCUT2D eigenvalue weighted by Gasteiger charge is -2.08. The van der Waals surface area contributed by atoms with Crippen LogP contribution in [0, 0.1) is 0 Å². The zero-order valence-electron chi connectivity index (χ0n) is 9.12. The van der Waals surface area contributed by atoms with Crippen molar-refractivity contribution in [3.05, 3.63) is 32.4 Å². The second-order valence-electron chi connectivity index (χ2n) is 3.16. The molecule has 18 heavy (non-hydrogen) atoms. The Labute approximate surface area is 125 Å². The maximum Gasteiger partial charge on any atom is 0.322 e. The molecule has 0 radical (unpaired) electrons. The van der Waals surface area contributed by atoms with E-state index in [9.17, 15) is 0 Å². The van der Waals surface area contributed by atoms with Gasteiger partial charge >= 0.3 is 6.01 Å². The molecule has 0 aliphatic carbocycles. The summed E-state index contributed by atoms with van der Waals surface area (Å²) in [4.78, 5) is 11.8. The summed E-state index contributed by atoms with van der Waals surface area (Å²) in [7, 11) is 1.46. The predicted octanol–water partition coefficient (Wildman–Crippen LogP) is 3.80. The summed E-state index contributed by atoms with van der Waals surface area (Å²) >= 11 is 12.6. The first-order chi connectivity index (χ1) is 8.58. The molecular weight excluding hydrogens is 387 g/mol. The minimum atomic E-state index is 0.0652. The number of anilines is 2. The van der Waals surface area contributed by atoms with Crippen molar-refractivity contribution < 1.29 is 4.74 Å². The van der Waals surface area contributed by atoms with E-state index in [0.717, 1.165) is 14.6 Å². The summed E-state index contributed by atoms with van der Waals surface area (Å²) < 4.78 is 6.73. The number of hydrogen-bond donors (Lipinski definition) is 1. The Balaban J connectivity index is 2.33. The number of aromatic nitrogens is 3. The third-order valence-corrected chi connectivity index (χ3v) is 3.30. The first-order valence-corrected chi connectivity index (χ1v) is 6.72. The molecule has 0 aliphatic rings. The van der Waals surface area contributed by atoms with E-state index in [1.807, 2.05) is 18.2 Å². The Morgan fingerprint density at radius 2 is 2.00 bits per heavy atom. The number of nitrogens with zero attached hydrogens (tertiary/aromatic N) is 3. The zero-order chi connectivity index (χ0) is 13.1. The van der Waals surface area contributed by atoms with Gasteiger partial charge in [0.15, 0.2) is 0 Å². The number of rotatable bonds is 3. The highest BCUT2D eigenvalue weighted by molar-refractivity contribution is 9.11. The molecule has 0 atom stereocenters. The van der Waals surface area contributed by atoms with Gasteiger partial charge in [0.2, 0.25) is 11.2 Å². The number of ether oxygens (including phenoxy) is 1. The summed E-state index contributed by atoms with van der Waals surface area (Å²) in [6, 6.07) is 5.85. The number of nitrogens with one attached hydrogen (secondary N) is 1.